The van der Waals surface area contributed by atoms with Crippen molar-refractivity contribution in [2.24, 2.45) is 0 Å². The predicted octanol–water partition coefficient (Wildman–Crippen LogP) is 8.01. The molecule has 190 valence electrons. The molecule has 5 rings (SSSR count). The number of benzene rings is 5. The highest BCUT2D eigenvalue weighted by Gasteiger charge is 2.06. The lowest BCUT2D eigenvalue weighted by molar-refractivity contribution is 0.306. The number of phenolic OH excluding ortho intramolecular Hbond substituents is 1. The van der Waals surface area contributed by atoms with Crippen LogP contribution in [0.25, 0.3) is 22.3 Å². The lowest BCUT2D eigenvalue weighted by Gasteiger charge is -2.08. The van der Waals surface area contributed by atoms with E-state index in [1.54, 1.807) is 30.3 Å². The minimum absolute atomic E-state index is 0.0301. The summed E-state index contributed by atoms with van der Waals surface area (Å²) in [7, 11) is 0. The van der Waals surface area contributed by atoms with Crippen molar-refractivity contribution in [3.05, 3.63) is 144 Å². The highest BCUT2D eigenvalue weighted by molar-refractivity contribution is 5.66. The van der Waals surface area contributed by atoms with Crippen LogP contribution >= 0.6 is 0 Å². The quantitative estimate of drug-likeness (QED) is 0.257. The summed E-state index contributed by atoms with van der Waals surface area (Å²) in [5.41, 5.74) is 4.26. The maximum Gasteiger partial charge on any atom is 0.141 e. The Balaban J connectivity index is 0.000000193. The third kappa shape index (κ3) is 7.07. The zero-order chi connectivity index (χ0) is 27.6. The molecule has 0 aromatic heterocycles. The number of nitriles is 2. The van der Waals surface area contributed by atoms with Crippen molar-refractivity contribution in [2.45, 2.75) is 6.61 Å². The van der Waals surface area contributed by atoms with E-state index in [1.807, 2.05) is 60.7 Å². The van der Waals surface area contributed by atoms with Crippen LogP contribution in [0.15, 0.2) is 115 Å². The van der Waals surface area contributed by atoms with E-state index in [9.17, 15) is 8.78 Å². The van der Waals surface area contributed by atoms with Gasteiger partial charge in [0.15, 0.2) is 0 Å². The van der Waals surface area contributed by atoms with Crippen LogP contribution in [0.1, 0.15) is 16.7 Å². The van der Waals surface area contributed by atoms with Gasteiger partial charge in [-0.25, -0.2) is 8.78 Å². The van der Waals surface area contributed by atoms with Crippen LogP contribution < -0.4 is 4.74 Å². The van der Waals surface area contributed by atoms with Crippen molar-refractivity contribution in [1.82, 2.24) is 0 Å². The number of phenols is 1. The van der Waals surface area contributed by atoms with Gasteiger partial charge < -0.3 is 9.84 Å². The maximum absolute atomic E-state index is 13.7. The Bertz CT molecular complexity index is 1640. The zero-order valence-electron chi connectivity index (χ0n) is 20.7. The van der Waals surface area contributed by atoms with Gasteiger partial charge in [-0.05, 0) is 76.3 Å². The van der Waals surface area contributed by atoms with E-state index >= 15 is 0 Å². The highest BCUT2D eigenvalue weighted by atomic mass is 19.1. The molecule has 0 spiro atoms. The Hall–Kier alpha value is -5.46. The molecule has 6 heteroatoms. The van der Waals surface area contributed by atoms with Crippen molar-refractivity contribution in [3.8, 4) is 45.9 Å². The van der Waals surface area contributed by atoms with Crippen LogP contribution in [0.5, 0.6) is 11.5 Å². The zero-order valence-corrected chi connectivity index (χ0v) is 20.7. The van der Waals surface area contributed by atoms with Gasteiger partial charge in [0, 0.05) is 0 Å². The van der Waals surface area contributed by atoms with Crippen LogP contribution in [0.2, 0.25) is 0 Å². The molecule has 4 nitrogen and oxygen atoms in total. The molecule has 0 radical (unpaired) electrons. The molecule has 5 aromatic carbocycles. The van der Waals surface area contributed by atoms with E-state index in [0.717, 1.165) is 28.0 Å². The van der Waals surface area contributed by atoms with E-state index in [-0.39, 0.29) is 16.9 Å². The number of aromatic hydroxyl groups is 1. The van der Waals surface area contributed by atoms with E-state index in [0.29, 0.717) is 12.2 Å². The molecule has 0 amide bonds. The van der Waals surface area contributed by atoms with Gasteiger partial charge in [-0.3, -0.25) is 0 Å². The van der Waals surface area contributed by atoms with E-state index in [2.05, 4.69) is 0 Å². The topological polar surface area (TPSA) is 77.0 Å². The van der Waals surface area contributed by atoms with Gasteiger partial charge >= 0.3 is 0 Å². The molecule has 39 heavy (non-hydrogen) atoms. The van der Waals surface area contributed by atoms with Crippen LogP contribution in [0.4, 0.5) is 8.78 Å². The first-order valence-corrected chi connectivity index (χ1v) is 11.9. The minimum Gasteiger partial charge on any atom is -0.508 e. The summed E-state index contributed by atoms with van der Waals surface area (Å²) < 4.78 is 32.7. The summed E-state index contributed by atoms with van der Waals surface area (Å²) in [6, 6.07) is 36.5. The van der Waals surface area contributed by atoms with Gasteiger partial charge in [0.05, 0.1) is 11.1 Å². The monoisotopic (exact) mass is 516 g/mol. The lowest BCUT2D eigenvalue weighted by Crippen LogP contribution is -1.94. The Morgan fingerprint density at radius 3 is 1.51 bits per heavy atom. The smallest absolute Gasteiger partial charge is 0.141 e. The number of ether oxygens (including phenoxy) is 1. The van der Waals surface area contributed by atoms with Crippen LogP contribution in [0, 0.1) is 34.3 Å². The Kier molecular flexibility index (Phi) is 8.64. The van der Waals surface area contributed by atoms with Crippen molar-refractivity contribution >= 4 is 0 Å². The van der Waals surface area contributed by atoms with Crippen LogP contribution in [-0.2, 0) is 6.61 Å². The first-order chi connectivity index (χ1) is 19.0. The van der Waals surface area contributed by atoms with Gasteiger partial charge in [0.2, 0.25) is 0 Å². The lowest BCUT2D eigenvalue weighted by atomic mass is 10.0. The fourth-order valence-corrected chi connectivity index (χ4v) is 3.71. The fourth-order valence-electron chi connectivity index (χ4n) is 3.71. The standard InChI is InChI=1S/C20H14FNO.C13H8FNO/c21-20-12-17(6-7-18(20)13-22)16-8-10-19(11-9-16)23-14-15-4-2-1-3-5-15;14-13-7-10(1-2-11(13)8-15)9-3-5-12(16)6-4-9/h1-12H,14H2;1-7,16H. The van der Waals surface area contributed by atoms with Crippen molar-refractivity contribution < 1.29 is 18.6 Å². The largest absolute Gasteiger partial charge is 0.508 e. The average molecular weight is 517 g/mol. The Morgan fingerprint density at radius 2 is 1.05 bits per heavy atom. The van der Waals surface area contributed by atoms with Gasteiger partial charge in [-0.2, -0.15) is 10.5 Å². The Labute approximate surface area is 225 Å². The summed E-state index contributed by atoms with van der Waals surface area (Å²) in [5.74, 6) is -0.118. The number of nitrogens with zero attached hydrogens (tertiary/aromatic N) is 2. The SMILES string of the molecule is N#Cc1ccc(-c2ccc(O)cc2)cc1F.N#Cc1ccc(-c2ccc(OCc3ccccc3)cc2)cc1F. The molecule has 0 aliphatic rings. The van der Waals surface area contributed by atoms with Crippen molar-refractivity contribution in [1.29, 1.82) is 10.5 Å². The number of halogens is 2. The molecule has 0 saturated carbocycles. The molecule has 0 aliphatic carbocycles. The van der Waals surface area contributed by atoms with Crippen LogP contribution in [0.3, 0.4) is 0 Å². The molecule has 1 N–H and O–H groups in total. The van der Waals surface area contributed by atoms with Crippen molar-refractivity contribution in [2.75, 3.05) is 0 Å². The fraction of sp³-hybridized carbons (Fsp3) is 0.0303. The first-order valence-electron chi connectivity index (χ1n) is 11.9. The maximum atomic E-state index is 13.7. The third-order valence-electron chi connectivity index (χ3n) is 5.82. The summed E-state index contributed by atoms with van der Waals surface area (Å²) in [5, 5.41) is 26.5. The van der Waals surface area contributed by atoms with Gasteiger partial charge in [-0.1, -0.05) is 66.7 Å². The normalized spacial score (nSPS) is 9.95. The predicted molar refractivity (Wildman–Crippen MR) is 146 cm³/mol. The molecule has 5 aromatic rings. The molecule has 0 fully saturated rings. The second-order valence-corrected chi connectivity index (χ2v) is 8.46. The summed E-state index contributed by atoms with van der Waals surface area (Å²) in [6.07, 6.45) is 0. The number of hydrogen-bond donors (Lipinski definition) is 1. The Morgan fingerprint density at radius 1 is 0.590 bits per heavy atom. The molecule has 0 saturated heterocycles. The second kappa shape index (κ2) is 12.7. The van der Waals surface area contributed by atoms with Gasteiger partial charge in [-0.15, -0.1) is 0 Å². The second-order valence-electron chi connectivity index (χ2n) is 8.46. The highest BCUT2D eigenvalue weighted by Crippen LogP contribution is 2.25. The summed E-state index contributed by atoms with van der Waals surface area (Å²) >= 11 is 0. The van der Waals surface area contributed by atoms with E-state index < -0.39 is 11.6 Å². The molecular formula is C33H22F2N2O2. The number of rotatable bonds is 5. The van der Waals surface area contributed by atoms with Gasteiger partial charge in [0.25, 0.3) is 0 Å². The van der Waals surface area contributed by atoms with E-state index in [4.69, 9.17) is 20.4 Å². The number of hydrogen-bond acceptors (Lipinski definition) is 4. The average Bonchev–Trinajstić information content (AvgIpc) is 2.97. The van der Waals surface area contributed by atoms with Crippen LogP contribution in [-0.4, -0.2) is 5.11 Å². The van der Waals surface area contributed by atoms with Gasteiger partial charge in [0.1, 0.15) is 41.9 Å². The molecule has 0 unspecified atom stereocenters. The van der Waals surface area contributed by atoms with E-state index in [1.165, 1.54) is 36.4 Å². The summed E-state index contributed by atoms with van der Waals surface area (Å²) in [4.78, 5) is 0. The summed E-state index contributed by atoms with van der Waals surface area (Å²) in [6.45, 7) is 0.506. The molecule has 0 heterocycles. The molecular weight excluding hydrogens is 494 g/mol. The molecule has 0 atom stereocenters. The van der Waals surface area contributed by atoms with Crippen molar-refractivity contribution in [3.63, 3.8) is 0 Å². The molecule has 0 aliphatic heterocycles. The first kappa shape index (κ1) is 26.6. The minimum atomic E-state index is -0.534. The molecule has 0 bridgehead atoms. The third-order valence-corrected chi connectivity index (χ3v) is 5.82.